The molecule has 0 aliphatic carbocycles. The molecule has 12 heteroatoms. The zero-order valence-electron chi connectivity index (χ0n) is 16.8. The minimum atomic E-state index is -3.10. The van der Waals surface area contributed by atoms with Gasteiger partial charge in [-0.1, -0.05) is 0 Å². The Hall–Kier alpha value is -2.57. The van der Waals surface area contributed by atoms with Crippen LogP contribution in [0.4, 0.5) is 24.5 Å². The van der Waals surface area contributed by atoms with Crippen LogP contribution in [-0.4, -0.2) is 81.3 Å². The highest BCUT2D eigenvalue weighted by molar-refractivity contribution is 5.79. The molecule has 0 spiro atoms. The summed E-state index contributed by atoms with van der Waals surface area (Å²) in [6.45, 7) is 2.98. The zero-order valence-corrected chi connectivity index (χ0v) is 16.8. The molecule has 31 heavy (non-hydrogen) atoms. The molecule has 170 valence electrons. The Bertz CT molecular complexity index is 845. The molecule has 0 radical (unpaired) electrons. The topological polar surface area (TPSA) is 86.9 Å². The second-order valence-corrected chi connectivity index (χ2v) is 7.43. The van der Waals surface area contributed by atoms with Crippen molar-refractivity contribution in [2.75, 3.05) is 49.1 Å². The molecule has 3 atom stereocenters. The van der Waals surface area contributed by atoms with E-state index in [0.717, 1.165) is 0 Å². The fourth-order valence-corrected chi connectivity index (χ4v) is 3.69. The number of fused-ring (bicyclic) bond motifs is 1. The summed E-state index contributed by atoms with van der Waals surface area (Å²) in [5, 5.41) is 3.39. The van der Waals surface area contributed by atoms with Crippen LogP contribution in [0, 0.1) is 5.82 Å². The number of benzene rings is 1. The SMILES string of the molecule is CC(=O)N1CCN(c2ccc(N3C[C@H](CNC(=O)C(F)F)OC4OC43)cc2F)CCO1. The zero-order chi connectivity index (χ0) is 22.1. The molecular weight excluding hydrogens is 421 g/mol. The number of amides is 2. The lowest BCUT2D eigenvalue weighted by atomic mass is 10.2. The molecule has 3 aliphatic rings. The quantitative estimate of drug-likeness (QED) is 0.669. The van der Waals surface area contributed by atoms with E-state index in [1.807, 2.05) is 0 Å². The van der Waals surface area contributed by atoms with Crippen molar-refractivity contribution in [1.82, 2.24) is 10.4 Å². The molecule has 0 bridgehead atoms. The number of epoxide rings is 1. The van der Waals surface area contributed by atoms with Crippen LogP contribution in [-0.2, 0) is 23.9 Å². The highest BCUT2D eigenvalue weighted by atomic mass is 19.3. The molecule has 4 rings (SSSR count). The number of carbonyl (C=O) groups is 2. The van der Waals surface area contributed by atoms with Crippen LogP contribution in [0.15, 0.2) is 18.2 Å². The normalized spacial score (nSPS) is 25.8. The molecule has 3 saturated heterocycles. The Morgan fingerprint density at radius 2 is 2.03 bits per heavy atom. The third-order valence-electron chi connectivity index (χ3n) is 5.30. The monoisotopic (exact) mass is 444 g/mol. The number of rotatable bonds is 5. The maximum absolute atomic E-state index is 15.0. The summed E-state index contributed by atoms with van der Waals surface area (Å²) >= 11 is 0. The molecule has 3 heterocycles. The smallest absolute Gasteiger partial charge is 0.315 e. The van der Waals surface area contributed by atoms with Crippen molar-refractivity contribution in [2.45, 2.75) is 32.0 Å². The van der Waals surface area contributed by atoms with Crippen molar-refractivity contribution >= 4 is 23.2 Å². The van der Waals surface area contributed by atoms with Crippen molar-refractivity contribution in [3.63, 3.8) is 0 Å². The standard InChI is InChI=1S/C19H23F3N4O5/c1-11(27)26-5-4-24(6-7-29-26)15-3-2-12(8-14(15)20)25-10-13(30-19-18(25)31-19)9-23-17(28)16(21)22/h2-3,8,13,16,18-19H,4-7,9-10H2,1H3,(H,23,28)/t13-,18?,19?/m0/s1. The number of ether oxygens (including phenoxy) is 2. The molecule has 1 aromatic rings. The summed E-state index contributed by atoms with van der Waals surface area (Å²) in [5.74, 6) is -2.02. The second-order valence-electron chi connectivity index (χ2n) is 7.43. The van der Waals surface area contributed by atoms with Crippen molar-refractivity contribution in [3.8, 4) is 0 Å². The number of hydrogen-bond donors (Lipinski definition) is 1. The van der Waals surface area contributed by atoms with E-state index < -0.39 is 30.5 Å². The molecular formula is C19H23F3N4O5. The Morgan fingerprint density at radius 1 is 1.23 bits per heavy atom. The van der Waals surface area contributed by atoms with Crippen LogP contribution < -0.4 is 15.1 Å². The number of halogens is 3. The Morgan fingerprint density at radius 3 is 2.74 bits per heavy atom. The maximum atomic E-state index is 15.0. The summed E-state index contributed by atoms with van der Waals surface area (Å²) in [5.41, 5.74) is 0.943. The van der Waals surface area contributed by atoms with E-state index >= 15 is 0 Å². The van der Waals surface area contributed by atoms with Crippen molar-refractivity contribution in [1.29, 1.82) is 0 Å². The number of alkyl halides is 2. The Balaban J connectivity index is 1.41. The summed E-state index contributed by atoms with van der Waals surface area (Å²) in [6.07, 6.45) is -4.61. The van der Waals surface area contributed by atoms with Gasteiger partial charge in [0.25, 0.3) is 5.91 Å². The van der Waals surface area contributed by atoms with Gasteiger partial charge in [-0.2, -0.15) is 8.78 Å². The van der Waals surface area contributed by atoms with E-state index in [2.05, 4.69) is 5.32 Å². The summed E-state index contributed by atoms with van der Waals surface area (Å²) < 4.78 is 50.7. The number of anilines is 2. The van der Waals surface area contributed by atoms with E-state index in [9.17, 15) is 22.8 Å². The Kier molecular flexibility index (Phi) is 6.21. The van der Waals surface area contributed by atoms with E-state index in [4.69, 9.17) is 14.3 Å². The number of hydroxylamine groups is 2. The van der Waals surface area contributed by atoms with Gasteiger partial charge < -0.3 is 24.6 Å². The summed E-state index contributed by atoms with van der Waals surface area (Å²) in [4.78, 5) is 31.5. The molecule has 2 amide bonds. The van der Waals surface area contributed by atoms with Crippen molar-refractivity contribution in [3.05, 3.63) is 24.0 Å². The third-order valence-corrected chi connectivity index (χ3v) is 5.30. The lowest BCUT2D eigenvalue weighted by Gasteiger charge is -2.32. The highest BCUT2D eigenvalue weighted by Gasteiger charge is 2.51. The van der Waals surface area contributed by atoms with Gasteiger partial charge in [-0.3, -0.25) is 14.4 Å². The van der Waals surface area contributed by atoms with Gasteiger partial charge in [0.05, 0.1) is 24.9 Å². The first-order valence-corrected chi connectivity index (χ1v) is 9.92. The van der Waals surface area contributed by atoms with Gasteiger partial charge in [-0.25, -0.2) is 9.45 Å². The van der Waals surface area contributed by atoms with E-state index in [-0.39, 0.29) is 31.8 Å². The number of nitrogens with zero attached hydrogens (tertiary/aromatic N) is 3. The lowest BCUT2D eigenvalue weighted by molar-refractivity contribution is -0.179. The molecule has 2 unspecified atom stereocenters. The largest absolute Gasteiger partial charge is 0.365 e. The van der Waals surface area contributed by atoms with Crippen molar-refractivity contribution in [2.24, 2.45) is 0 Å². The number of morpholine rings is 1. The first-order chi connectivity index (χ1) is 14.8. The average molecular weight is 444 g/mol. The minimum Gasteiger partial charge on any atom is -0.365 e. The first-order valence-electron chi connectivity index (χ1n) is 9.92. The fourth-order valence-electron chi connectivity index (χ4n) is 3.69. The van der Waals surface area contributed by atoms with E-state index in [0.29, 0.717) is 31.0 Å². The summed E-state index contributed by atoms with van der Waals surface area (Å²) in [7, 11) is 0. The highest BCUT2D eigenvalue weighted by Crippen LogP contribution is 2.37. The molecule has 3 aliphatic heterocycles. The van der Waals surface area contributed by atoms with Gasteiger partial charge in [-0.15, -0.1) is 0 Å². The predicted octanol–water partition coefficient (Wildman–Crippen LogP) is 0.695. The molecule has 1 N–H and O–H groups in total. The summed E-state index contributed by atoms with van der Waals surface area (Å²) in [6, 6.07) is 4.77. The van der Waals surface area contributed by atoms with Crippen molar-refractivity contribution < 1.29 is 37.1 Å². The number of hydrogen-bond acceptors (Lipinski definition) is 7. The van der Waals surface area contributed by atoms with Crippen LogP contribution >= 0.6 is 0 Å². The van der Waals surface area contributed by atoms with Gasteiger partial charge in [0.1, 0.15) is 5.82 Å². The molecule has 0 aromatic heterocycles. The molecule has 0 saturated carbocycles. The van der Waals surface area contributed by atoms with Gasteiger partial charge in [0.2, 0.25) is 12.2 Å². The molecule has 1 aromatic carbocycles. The first kappa shape index (κ1) is 21.7. The predicted molar refractivity (Wildman–Crippen MR) is 102 cm³/mol. The average Bonchev–Trinajstić information content (AvgIpc) is 3.54. The third kappa shape index (κ3) is 4.86. The number of nitrogens with one attached hydrogen (secondary N) is 1. The van der Waals surface area contributed by atoms with E-state index in [1.165, 1.54) is 18.1 Å². The van der Waals surface area contributed by atoms with Gasteiger partial charge in [-0.05, 0) is 18.2 Å². The maximum Gasteiger partial charge on any atom is 0.315 e. The van der Waals surface area contributed by atoms with Crippen LogP contribution in [0.2, 0.25) is 0 Å². The molecule has 9 nitrogen and oxygen atoms in total. The second kappa shape index (κ2) is 8.89. The molecule has 3 fully saturated rings. The van der Waals surface area contributed by atoms with Crippen LogP contribution in [0.5, 0.6) is 0 Å². The van der Waals surface area contributed by atoms with Gasteiger partial charge >= 0.3 is 6.43 Å². The van der Waals surface area contributed by atoms with Crippen LogP contribution in [0.1, 0.15) is 6.92 Å². The lowest BCUT2D eigenvalue weighted by Crippen LogP contribution is -2.48. The minimum absolute atomic E-state index is 0.104. The van der Waals surface area contributed by atoms with Crippen LogP contribution in [0.3, 0.4) is 0 Å². The number of carbonyl (C=O) groups excluding carboxylic acids is 2. The Labute approximate surface area is 176 Å². The van der Waals surface area contributed by atoms with E-state index in [1.54, 1.807) is 21.9 Å². The van der Waals surface area contributed by atoms with Crippen LogP contribution in [0.25, 0.3) is 0 Å². The fraction of sp³-hybridized carbons (Fsp3) is 0.579. The van der Waals surface area contributed by atoms with Gasteiger partial charge in [0, 0.05) is 38.8 Å². The van der Waals surface area contributed by atoms with Gasteiger partial charge in [0.15, 0.2) is 6.23 Å².